The molecule has 1 aromatic rings. The van der Waals surface area contributed by atoms with Crippen molar-refractivity contribution in [3.05, 3.63) is 35.6 Å². The first kappa shape index (κ1) is 14.5. The Bertz CT molecular complexity index is 413. The molecular weight excluding hydrogens is 237 g/mol. The predicted octanol–water partition coefficient (Wildman–Crippen LogP) is 4.17. The standard InChI is InChI=1S/C17H26FN/c1-13-12-17(2,3)10-8-16(13)19-11-9-14-6-4-5-7-15(14)18/h4-7,13,16,19H,8-12H2,1-3H3. The van der Waals surface area contributed by atoms with Crippen molar-refractivity contribution in [3.8, 4) is 0 Å². The summed E-state index contributed by atoms with van der Waals surface area (Å²) >= 11 is 0. The zero-order valence-corrected chi connectivity index (χ0v) is 12.4. The highest BCUT2D eigenvalue weighted by molar-refractivity contribution is 5.17. The molecule has 0 saturated heterocycles. The molecule has 0 bridgehead atoms. The van der Waals surface area contributed by atoms with Gasteiger partial charge in [-0.3, -0.25) is 0 Å². The van der Waals surface area contributed by atoms with Crippen molar-refractivity contribution < 1.29 is 4.39 Å². The molecule has 106 valence electrons. The van der Waals surface area contributed by atoms with Gasteiger partial charge in [-0.15, -0.1) is 0 Å². The second kappa shape index (κ2) is 6.04. The van der Waals surface area contributed by atoms with Crippen molar-refractivity contribution in [2.75, 3.05) is 6.54 Å². The van der Waals surface area contributed by atoms with Crippen LogP contribution >= 0.6 is 0 Å². The molecule has 2 rings (SSSR count). The molecule has 1 fully saturated rings. The van der Waals surface area contributed by atoms with Crippen molar-refractivity contribution in [2.45, 2.75) is 52.5 Å². The summed E-state index contributed by atoms with van der Waals surface area (Å²) in [6.45, 7) is 7.93. The third kappa shape index (κ3) is 4.04. The zero-order valence-electron chi connectivity index (χ0n) is 12.4. The van der Waals surface area contributed by atoms with Gasteiger partial charge < -0.3 is 5.32 Å². The number of rotatable bonds is 4. The molecule has 2 unspecified atom stereocenters. The lowest BCUT2D eigenvalue weighted by atomic mass is 9.70. The Morgan fingerprint density at radius 2 is 2.05 bits per heavy atom. The van der Waals surface area contributed by atoms with Crippen LogP contribution in [0.5, 0.6) is 0 Å². The summed E-state index contributed by atoms with van der Waals surface area (Å²) in [4.78, 5) is 0. The van der Waals surface area contributed by atoms with E-state index in [-0.39, 0.29) is 5.82 Å². The summed E-state index contributed by atoms with van der Waals surface area (Å²) in [5, 5.41) is 3.62. The average molecular weight is 263 g/mol. The van der Waals surface area contributed by atoms with Crippen LogP contribution in [0.3, 0.4) is 0 Å². The normalized spacial score (nSPS) is 26.3. The molecule has 2 atom stereocenters. The van der Waals surface area contributed by atoms with Gasteiger partial charge in [-0.05, 0) is 55.2 Å². The number of hydrogen-bond acceptors (Lipinski definition) is 1. The van der Waals surface area contributed by atoms with Gasteiger partial charge in [0.25, 0.3) is 0 Å². The molecule has 0 radical (unpaired) electrons. The fraction of sp³-hybridized carbons (Fsp3) is 0.647. The summed E-state index contributed by atoms with van der Waals surface area (Å²) in [5.74, 6) is 0.631. The van der Waals surface area contributed by atoms with Crippen molar-refractivity contribution in [2.24, 2.45) is 11.3 Å². The molecule has 1 nitrogen and oxygen atoms in total. The Balaban J connectivity index is 1.79. The lowest BCUT2D eigenvalue weighted by Crippen LogP contribution is -2.42. The van der Waals surface area contributed by atoms with E-state index < -0.39 is 0 Å². The molecule has 2 heteroatoms. The molecule has 19 heavy (non-hydrogen) atoms. The Hall–Kier alpha value is -0.890. The molecule has 0 heterocycles. The monoisotopic (exact) mass is 263 g/mol. The van der Waals surface area contributed by atoms with Crippen LogP contribution in [0.1, 0.15) is 45.6 Å². The quantitative estimate of drug-likeness (QED) is 0.859. The fourth-order valence-electron chi connectivity index (χ4n) is 3.34. The van der Waals surface area contributed by atoms with Gasteiger partial charge in [0.05, 0.1) is 0 Å². The molecule has 1 aromatic carbocycles. The molecule has 1 N–H and O–H groups in total. The average Bonchev–Trinajstić information content (AvgIpc) is 2.33. The second-order valence-electron chi connectivity index (χ2n) is 6.79. The highest BCUT2D eigenvalue weighted by Gasteiger charge is 2.31. The van der Waals surface area contributed by atoms with Gasteiger partial charge >= 0.3 is 0 Å². The lowest BCUT2D eigenvalue weighted by Gasteiger charge is -2.39. The SMILES string of the molecule is CC1CC(C)(C)CCC1NCCc1ccccc1F. The largest absolute Gasteiger partial charge is 0.313 e. The Morgan fingerprint density at radius 3 is 2.74 bits per heavy atom. The minimum absolute atomic E-state index is 0.0814. The van der Waals surface area contributed by atoms with Gasteiger partial charge in [0.2, 0.25) is 0 Å². The van der Waals surface area contributed by atoms with E-state index in [0.717, 1.165) is 18.5 Å². The zero-order chi connectivity index (χ0) is 13.9. The molecule has 0 aliphatic heterocycles. The highest BCUT2D eigenvalue weighted by atomic mass is 19.1. The van der Waals surface area contributed by atoms with Gasteiger partial charge in [-0.1, -0.05) is 39.0 Å². The van der Waals surface area contributed by atoms with E-state index in [2.05, 4.69) is 26.1 Å². The summed E-state index contributed by atoms with van der Waals surface area (Å²) < 4.78 is 13.5. The van der Waals surface area contributed by atoms with E-state index >= 15 is 0 Å². The summed E-state index contributed by atoms with van der Waals surface area (Å²) in [6.07, 6.45) is 4.59. The van der Waals surface area contributed by atoms with E-state index in [1.165, 1.54) is 19.3 Å². The molecule has 1 saturated carbocycles. The predicted molar refractivity (Wildman–Crippen MR) is 78.7 cm³/mol. The molecule has 0 amide bonds. The fourth-order valence-corrected chi connectivity index (χ4v) is 3.34. The van der Waals surface area contributed by atoms with Crippen molar-refractivity contribution in [1.82, 2.24) is 5.32 Å². The van der Waals surface area contributed by atoms with Gasteiger partial charge in [0, 0.05) is 6.04 Å². The third-order valence-electron chi connectivity index (χ3n) is 4.45. The maximum atomic E-state index is 13.5. The van der Waals surface area contributed by atoms with Crippen LogP contribution < -0.4 is 5.32 Å². The number of halogens is 1. The van der Waals surface area contributed by atoms with Crippen LogP contribution in [0.15, 0.2) is 24.3 Å². The first-order valence-corrected chi connectivity index (χ1v) is 7.45. The minimum atomic E-state index is -0.0814. The third-order valence-corrected chi connectivity index (χ3v) is 4.45. The van der Waals surface area contributed by atoms with Crippen molar-refractivity contribution >= 4 is 0 Å². The number of hydrogen-bond donors (Lipinski definition) is 1. The van der Waals surface area contributed by atoms with E-state index in [1.54, 1.807) is 12.1 Å². The molecule has 1 aliphatic rings. The van der Waals surface area contributed by atoms with Gasteiger partial charge in [-0.25, -0.2) is 4.39 Å². The van der Waals surface area contributed by atoms with Gasteiger partial charge in [0.1, 0.15) is 5.82 Å². The van der Waals surface area contributed by atoms with Crippen LogP contribution in [0.2, 0.25) is 0 Å². The lowest BCUT2D eigenvalue weighted by molar-refractivity contribution is 0.149. The Kier molecular flexibility index (Phi) is 4.62. The minimum Gasteiger partial charge on any atom is -0.313 e. The van der Waals surface area contributed by atoms with Crippen molar-refractivity contribution in [3.63, 3.8) is 0 Å². The summed E-state index contributed by atoms with van der Waals surface area (Å²) in [6, 6.07) is 7.67. The van der Waals surface area contributed by atoms with Crippen molar-refractivity contribution in [1.29, 1.82) is 0 Å². The second-order valence-corrected chi connectivity index (χ2v) is 6.79. The number of nitrogens with one attached hydrogen (secondary N) is 1. The Labute approximate surface area is 116 Å². The van der Waals surface area contributed by atoms with Crippen LogP contribution in [0, 0.1) is 17.2 Å². The highest BCUT2D eigenvalue weighted by Crippen LogP contribution is 2.38. The van der Waals surface area contributed by atoms with E-state index in [0.29, 0.717) is 17.4 Å². The molecule has 0 aromatic heterocycles. The smallest absolute Gasteiger partial charge is 0.126 e. The molecule has 1 aliphatic carbocycles. The van der Waals surface area contributed by atoms with Crippen LogP contribution in [-0.4, -0.2) is 12.6 Å². The first-order chi connectivity index (χ1) is 8.98. The first-order valence-electron chi connectivity index (χ1n) is 7.45. The summed E-state index contributed by atoms with van der Waals surface area (Å²) in [7, 11) is 0. The van der Waals surface area contributed by atoms with Crippen LogP contribution in [0.4, 0.5) is 4.39 Å². The number of benzene rings is 1. The molecular formula is C17H26FN. The van der Waals surface area contributed by atoms with Crippen LogP contribution in [-0.2, 0) is 6.42 Å². The topological polar surface area (TPSA) is 12.0 Å². The van der Waals surface area contributed by atoms with E-state index in [1.807, 2.05) is 12.1 Å². The van der Waals surface area contributed by atoms with E-state index in [4.69, 9.17) is 0 Å². The van der Waals surface area contributed by atoms with Gasteiger partial charge in [0.15, 0.2) is 0 Å². The van der Waals surface area contributed by atoms with Gasteiger partial charge in [-0.2, -0.15) is 0 Å². The maximum Gasteiger partial charge on any atom is 0.126 e. The van der Waals surface area contributed by atoms with E-state index in [9.17, 15) is 4.39 Å². The maximum absolute atomic E-state index is 13.5. The van der Waals surface area contributed by atoms with Crippen LogP contribution in [0.25, 0.3) is 0 Å². The molecule has 0 spiro atoms. The Morgan fingerprint density at radius 1 is 1.32 bits per heavy atom. The summed E-state index contributed by atoms with van der Waals surface area (Å²) in [5.41, 5.74) is 1.31.